The van der Waals surface area contributed by atoms with Crippen LogP contribution in [0.3, 0.4) is 0 Å². The van der Waals surface area contributed by atoms with E-state index in [0.717, 1.165) is 28.6 Å². The van der Waals surface area contributed by atoms with Crippen molar-refractivity contribution in [1.82, 2.24) is 24.8 Å². The third-order valence-electron chi connectivity index (χ3n) is 3.86. The second-order valence-electron chi connectivity index (χ2n) is 5.76. The van der Waals surface area contributed by atoms with Gasteiger partial charge in [0.05, 0.1) is 0 Å². The molecule has 3 aromatic heterocycles. The fraction of sp³-hybridized carbons (Fsp3) is 0.312. The number of nitrogens with one attached hydrogen (secondary N) is 1. The number of para-hydroxylation sites is 1. The maximum atomic E-state index is 4.67. The maximum Gasteiger partial charge on any atom is 0.234 e. The number of aromatic nitrogens is 5. The molecule has 0 unspecified atom stereocenters. The van der Waals surface area contributed by atoms with Crippen molar-refractivity contribution in [3.05, 3.63) is 46.9 Å². The van der Waals surface area contributed by atoms with Gasteiger partial charge in [-0.1, -0.05) is 43.4 Å². The van der Waals surface area contributed by atoms with Gasteiger partial charge in [0, 0.05) is 29.4 Å². The summed E-state index contributed by atoms with van der Waals surface area (Å²) < 4.78 is 1.89. The number of hydrogen-bond acceptors (Lipinski definition) is 4. The van der Waals surface area contributed by atoms with Crippen molar-refractivity contribution in [2.24, 2.45) is 0 Å². The number of fused-ring (bicyclic) bond motifs is 2. The van der Waals surface area contributed by atoms with Crippen LogP contribution in [0.2, 0.25) is 0 Å². The molecule has 6 heteroatoms. The molecule has 0 aliphatic rings. The van der Waals surface area contributed by atoms with Crippen molar-refractivity contribution in [3.8, 4) is 0 Å². The highest BCUT2D eigenvalue weighted by Gasteiger charge is 2.14. The van der Waals surface area contributed by atoms with Gasteiger partial charge in [0.1, 0.15) is 5.01 Å². The van der Waals surface area contributed by atoms with E-state index in [-0.39, 0.29) is 0 Å². The molecule has 0 aliphatic heterocycles. The Morgan fingerprint density at radius 1 is 1.18 bits per heavy atom. The lowest BCUT2D eigenvalue weighted by atomic mass is 10.1. The average molecular weight is 311 g/mol. The molecule has 0 spiro atoms. The number of benzene rings is 1. The van der Waals surface area contributed by atoms with Crippen LogP contribution in [-0.2, 0) is 12.8 Å². The van der Waals surface area contributed by atoms with Gasteiger partial charge in [0.25, 0.3) is 0 Å². The van der Waals surface area contributed by atoms with E-state index in [1.54, 1.807) is 11.3 Å². The number of aryl methyl sites for hydroxylation is 2. The third kappa shape index (κ3) is 2.20. The van der Waals surface area contributed by atoms with Crippen LogP contribution in [0.1, 0.15) is 36.2 Å². The minimum absolute atomic E-state index is 0.332. The summed E-state index contributed by atoms with van der Waals surface area (Å²) in [4.78, 5) is 4.21. The second-order valence-corrected chi connectivity index (χ2v) is 6.80. The molecule has 4 aromatic rings. The highest BCUT2D eigenvalue weighted by Crippen LogP contribution is 2.22. The van der Waals surface area contributed by atoms with E-state index in [2.05, 4.69) is 64.6 Å². The van der Waals surface area contributed by atoms with Gasteiger partial charge in [-0.15, -0.1) is 10.2 Å². The number of nitrogens with zero attached hydrogens (tertiary/aromatic N) is 4. The molecule has 0 radical (unpaired) electrons. The van der Waals surface area contributed by atoms with E-state index in [1.165, 1.54) is 16.5 Å². The van der Waals surface area contributed by atoms with Crippen molar-refractivity contribution in [3.63, 3.8) is 0 Å². The van der Waals surface area contributed by atoms with Gasteiger partial charge < -0.3 is 4.98 Å². The first-order chi connectivity index (χ1) is 10.7. The molecule has 3 heterocycles. The summed E-state index contributed by atoms with van der Waals surface area (Å²) in [5.74, 6) is 1.27. The molecule has 112 valence electrons. The minimum Gasteiger partial charge on any atom is -0.361 e. The van der Waals surface area contributed by atoms with Gasteiger partial charge in [-0.05, 0) is 18.1 Å². The van der Waals surface area contributed by atoms with E-state index in [1.807, 2.05) is 4.52 Å². The van der Waals surface area contributed by atoms with Gasteiger partial charge in [0.2, 0.25) is 4.96 Å². The SMILES string of the molecule is CC(C)c1nnc2sc(CCc3c[nH]c4ccccc34)nn12. The minimum atomic E-state index is 0.332. The van der Waals surface area contributed by atoms with Crippen molar-refractivity contribution in [2.75, 3.05) is 0 Å². The number of H-pyrrole nitrogens is 1. The normalized spacial score (nSPS) is 12.0. The van der Waals surface area contributed by atoms with Gasteiger partial charge in [0.15, 0.2) is 5.82 Å². The van der Waals surface area contributed by atoms with Gasteiger partial charge in [-0.25, -0.2) is 0 Å². The summed E-state index contributed by atoms with van der Waals surface area (Å²) in [5, 5.41) is 15.5. The van der Waals surface area contributed by atoms with Crippen molar-refractivity contribution < 1.29 is 0 Å². The molecule has 0 aliphatic carbocycles. The molecule has 0 bridgehead atoms. The van der Waals surface area contributed by atoms with E-state index >= 15 is 0 Å². The highest BCUT2D eigenvalue weighted by molar-refractivity contribution is 7.16. The lowest BCUT2D eigenvalue weighted by Crippen LogP contribution is -1.99. The number of rotatable bonds is 4. The standard InChI is InChI=1S/C16H17N5S/c1-10(2)15-18-19-16-21(15)20-14(22-16)8-7-11-9-17-13-6-4-3-5-12(11)13/h3-6,9-10,17H,7-8H2,1-2H3. The first-order valence-electron chi connectivity index (χ1n) is 7.48. The van der Waals surface area contributed by atoms with Crippen LogP contribution in [0.4, 0.5) is 0 Å². The van der Waals surface area contributed by atoms with Crippen molar-refractivity contribution in [2.45, 2.75) is 32.6 Å². The van der Waals surface area contributed by atoms with Gasteiger partial charge >= 0.3 is 0 Å². The summed E-state index contributed by atoms with van der Waals surface area (Å²) >= 11 is 1.63. The van der Waals surface area contributed by atoms with Crippen LogP contribution in [0.25, 0.3) is 15.9 Å². The second kappa shape index (κ2) is 5.21. The Bertz CT molecular complexity index is 930. The van der Waals surface area contributed by atoms with Gasteiger partial charge in [-0.3, -0.25) is 0 Å². The Labute approximate surface area is 132 Å². The molecular weight excluding hydrogens is 294 g/mol. The zero-order valence-electron chi connectivity index (χ0n) is 12.6. The summed E-state index contributed by atoms with van der Waals surface area (Å²) in [6.45, 7) is 4.23. The van der Waals surface area contributed by atoms with Crippen molar-refractivity contribution in [1.29, 1.82) is 0 Å². The van der Waals surface area contributed by atoms with Crippen molar-refractivity contribution >= 4 is 27.2 Å². The average Bonchev–Trinajstić information content (AvgIpc) is 3.18. The predicted octanol–water partition coefficient (Wildman–Crippen LogP) is 3.58. The summed E-state index contributed by atoms with van der Waals surface area (Å²) in [5.41, 5.74) is 2.53. The molecular formula is C16H17N5S. The largest absolute Gasteiger partial charge is 0.361 e. The van der Waals surface area contributed by atoms with Crippen LogP contribution in [0.5, 0.6) is 0 Å². The monoisotopic (exact) mass is 311 g/mol. The van der Waals surface area contributed by atoms with Crippen LogP contribution >= 0.6 is 11.3 Å². The molecule has 1 aromatic carbocycles. The summed E-state index contributed by atoms with van der Waals surface area (Å²) in [6, 6.07) is 8.41. The van der Waals surface area contributed by atoms with Crippen LogP contribution < -0.4 is 0 Å². The topological polar surface area (TPSA) is 58.9 Å². The highest BCUT2D eigenvalue weighted by atomic mass is 32.1. The fourth-order valence-corrected chi connectivity index (χ4v) is 3.55. The molecule has 1 N–H and O–H groups in total. The molecule has 4 rings (SSSR count). The van der Waals surface area contributed by atoms with Crippen LogP contribution in [0, 0.1) is 0 Å². The first-order valence-corrected chi connectivity index (χ1v) is 8.30. The molecule has 0 fully saturated rings. The number of aromatic amines is 1. The third-order valence-corrected chi connectivity index (χ3v) is 4.81. The van der Waals surface area contributed by atoms with Crippen LogP contribution in [-0.4, -0.2) is 24.8 Å². The summed E-state index contributed by atoms with van der Waals surface area (Å²) in [6.07, 6.45) is 4.00. The smallest absolute Gasteiger partial charge is 0.234 e. The Morgan fingerprint density at radius 2 is 2.05 bits per heavy atom. The first kappa shape index (κ1) is 13.5. The molecule has 0 amide bonds. The molecule has 0 atom stereocenters. The Hall–Kier alpha value is -2.21. The van der Waals surface area contributed by atoms with E-state index < -0.39 is 0 Å². The fourth-order valence-electron chi connectivity index (χ4n) is 2.71. The molecule has 22 heavy (non-hydrogen) atoms. The zero-order chi connectivity index (χ0) is 15.1. The van der Waals surface area contributed by atoms with E-state index in [9.17, 15) is 0 Å². The maximum absolute atomic E-state index is 4.67. The summed E-state index contributed by atoms with van der Waals surface area (Å²) in [7, 11) is 0. The van der Waals surface area contributed by atoms with E-state index in [0.29, 0.717) is 5.92 Å². The van der Waals surface area contributed by atoms with E-state index in [4.69, 9.17) is 0 Å². The molecule has 0 saturated carbocycles. The Kier molecular flexibility index (Phi) is 3.18. The predicted molar refractivity (Wildman–Crippen MR) is 88.5 cm³/mol. The quantitative estimate of drug-likeness (QED) is 0.627. The zero-order valence-corrected chi connectivity index (χ0v) is 13.4. The van der Waals surface area contributed by atoms with Crippen LogP contribution in [0.15, 0.2) is 30.5 Å². The molecule has 0 saturated heterocycles. The Balaban J connectivity index is 1.59. The van der Waals surface area contributed by atoms with Gasteiger partial charge in [-0.2, -0.15) is 9.61 Å². The molecule has 5 nitrogen and oxygen atoms in total. The lowest BCUT2D eigenvalue weighted by Gasteiger charge is -1.98. The Morgan fingerprint density at radius 3 is 2.91 bits per heavy atom. The lowest BCUT2D eigenvalue weighted by molar-refractivity contribution is 0.715. The number of hydrogen-bond donors (Lipinski definition) is 1.